The number of rotatable bonds is 6. The van der Waals surface area contributed by atoms with Crippen LogP contribution in [0.4, 0.5) is 0 Å². The van der Waals surface area contributed by atoms with Gasteiger partial charge < -0.3 is 15.4 Å². The number of guanidine groups is 1. The average molecular weight is 257 g/mol. The second-order valence-corrected chi connectivity index (χ2v) is 4.11. The van der Waals surface area contributed by atoms with Crippen LogP contribution in [0.5, 0.6) is 0 Å². The predicted molar refractivity (Wildman–Crippen MR) is 69.9 cm³/mol. The Labute approximate surface area is 108 Å². The van der Waals surface area contributed by atoms with Crippen molar-refractivity contribution in [3.63, 3.8) is 0 Å². The Kier molecular flexibility index (Phi) is 7.12. The molecule has 7 nitrogen and oxygen atoms in total. The number of nitrogens with two attached hydrogens (primary N) is 1. The lowest BCUT2D eigenvalue weighted by atomic mass is 10.1. The number of carbonyl (C=O) groups excluding carboxylic acids is 1. The topological polar surface area (TPSA) is 101 Å². The minimum Gasteiger partial charge on any atom is -0.382 e. The number of hydrogen-bond donors (Lipinski definition) is 4. The van der Waals surface area contributed by atoms with Gasteiger partial charge in [-0.1, -0.05) is 0 Å². The second-order valence-electron chi connectivity index (χ2n) is 4.11. The van der Waals surface area contributed by atoms with Gasteiger partial charge in [-0.25, -0.2) is 5.84 Å². The summed E-state index contributed by atoms with van der Waals surface area (Å²) in [4.78, 5) is 15.3. The van der Waals surface area contributed by atoms with Crippen molar-refractivity contribution in [2.24, 2.45) is 10.8 Å². The molecule has 0 spiro atoms. The Hall–Kier alpha value is -1.34. The number of carbonyl (C=O) groups is 1. The molecule has 5 N–H and O–H groups in total. The van der Waals surface area contributed by atoms with Crippen molar-refractivity contribution < 1.29 is 9.53 Å². The lowest BCUT2D eigenvalue weighted by Crippen LogP contribution is -2.52. The Balaban J connectivity index is 2.23. The molecule has 1 aliphatic rings. The molecule has 0 saturated carbocycles. The van der Waals surface area contributed by atoms with E-state index in [4.69, 9.17) is 10.6 Å². The summed E-state index contributed by atoms with van der Waals surface area (Å²) in [5.74, 6) is 6.06. The molecule has 1 saturated heterocycles. The van der Waals surface area contributed by atoms with E-state index >= 15 is 0 Å². The van der Waals surface area contributed by atoms with Gasteiger partial charge in [-0.3, -0.25) is 15.2 Å². The van der Waals surface area contributed by atoms with Gasteiger partial charge in [0.05, 0.1) is 0 Å². The van der Waals surface area contributed by atoms with Gasteiger partial charge >= 0.3 is 0 Å². The molecule has 0 bridgehead atoms. The second kappa shape index (κ2) is 8.71. The van der Waals surface area contributed by atoms with Gasteiger partial charge in [-0.05, 0) is 19.8 Å². The van der Waals surface area contributed by atoms with Crippen molar-refractivity contribution in [3.8, 4) is 0 Å². The fourth-order valence-corrected chi connectivity index (χ4v) is 1.68. The van der Waals surface area contributed by atoms with E-state index in [0.29, 0.717) is 32.1 Å². The number of aliphatic imine (C=N–C) groups is 1. The summed E-state index contributed by atoms with van der Waals surface area (Å²) in [5.41, 5.74) is 2.54. The Morgan fingerprint density at radius 3 is 3.11 bits per heavy atom. The molecule has 1 heterocycles. The van der Waals surface area contributed by atoms with Gasteiger partial charge in [0.2, 0.25) is 11.9 Å². The molecular formula is C11H23N5O2. The molecule has 1 atom stereocenters. The number of piperidine rings is 1. The predicted octanol–water partition coefficient (Wildman–Crippen LogP) is -0.899. The summed E-state index contributed by atoms with van der Waals surface area (Å²) in [7, 11) is 0. The number of amides is 1. The number of hydrazine groups is 1. The van der Waals surface area contributed by atoms with Crippen LogP contribution in [0.25, 0.3) is 0 Å². The van der Waals surface area contributed by atoms with E-state index in [1.54, 1.807) is 0 Å². The van der Waals surface area contributed by atoms with Gasteiger partial charge in [-0.15, -0.1) is 0 Å². The van der Waals surface area contributed by atoms with E-state index in [-0.39, 0.29) is 11.9 Å². The van der Waals surface area contributed by atoms with E-state index in [1.165, 1.54) is 0 Å². The zero-order valence-electron chi connectivity index (χ0n) is 10.9. The highest BCUT2D eigenvalue weighted by Crippen LogP contribution is 2.02. The van der Waals surface area contributed by atoms with Crippen LogP contribution in [-0.4, -0.2) is 44.2 Å². The SMILES string of the molecule is CCOCCCN=C(NN)NC1CCC(=O)NC1. The number of ether oxygens (including phenoxy) is 1. The maximum Gasteiger partial charge on any atom is 0.220 e. The third-order valence-corrected chi connectivity index (χ3v) is 2.66. The molecule has 1 amide bonds. The standard InChI is InChI=1S/C11H23N5O2/c1-2-18-7-3-6-13-11(16-12)15-9-4-5-10(17)14-8-9/h9H,2-8,12H2,1H3,(H,14,17)(H2,13,15,16). The normalized spacial score (nSPS) is 20.4. The first-order valence-electron chi connectivity index (χ1n) is 6.38. The maximum absolute atomic E-state index is 11.0. The zero-order chi connectivity index (χ0) is 13.2. The first kappa shape index (κ1) is 14.7. The molecule has 0 aromatic heterocycles. The molecular weight excluding hydrogens is 234 g/mol. The largest absolute Gasteiger partial charge is 0.382 e. The van der Waals surface area contributed by atoms with E-state index in [2.05, 4.69) is 21.1 Å². The highest BCUT2D eigenvalue weighted by molar-refractivity contribution is 5.80. The van der Waals surface area contributed by atoms with Crippen molar-refractivity contribution in [2.45, 2.75) is 32.2 Å². The molecule has 7 heteroatoms. The van der Waals surface area contributed by atoms with Crippen molar-refractivity contribution in [3.05, 3.63) is 0 Å². The van der Waals surface area contributed by atoms with E-state index in [0.717, 1.165) is 19.4 Å². The lowest BCUT2D eigenvalue weighted by Gasteiger charge is -2.24. The molecule has 0 radical (unpaired) electrons. The molecule has 1 unspecified atom stereocenters. The molecule has 1 aliphatic heterocycles. The smallest absolute Gasteiger partial charge is 0.220 e. The van der Waals surface area contributed by atoms with Gasteiger partial charge in [0.15, 0.2) is 0 Å². The van der Waals surface area contributed by atoms with Crippen LogP contribution < -0.4 is 21.9 Å². The van der Waals surface area contributed by atoms with Crippen LogP contribution >= 0.6 is 0 Å². The summed E-state index contributed by atoms with van der Waals surface area (Å²) in [6.45, 7) is 4.67. The summed E-state index contributed by atoms with van der Waals surface area (Å²) in [5, 5.41) is 5.98. The summed E-state index contributed by atoms with van der Waals surface area (Å²) in [6, 6.07) is 0.185. The number of hydrogen-bond acceptors (Lipinski definition) is 4. The van der Waals surface area contributed by atoms with Crippen LogP contribution in [0.1, 0.15) is 26.2 Å². The zero-order valence-corrected chi connectivity index (χ0v) is 10.9. The van der Waals surface area contributed by atoms with Crippen molar-refractivity contribution in [2.75, 3.05) is 26.3 Å². The minimum atomic E-state index is 0.101. The molecule has 1 rings (SSSR count). The number of nitrogens with zero attached hydrogens (tertiary/aromatic N) is 1. The van der Waals surface area contributed by atoms with Crippen LogP contribution in [-0.2, 0) is 9.53 Å². The van der Waals surface area contributed by atoms with Crippen LogP contribution in [0.15, 0.2) is 4.99 Å². The van der Waals surface area contributed by atoms with Crippen molar-refractivity contribution in [1.82, 2.24) is 16.1 Å². The highest BCUT2D eigenvalue weighted by atomic mass is 16.5. The van der Waals surface area contributed by atoms with E-state index in [9.17, 15) is 4.79 Å². The monoisotopic (exact) mass is 257 g/mol. The van der Waals surface area contributed by atoms with Gasteiger partial charge in [0.25, 0.3) is 0 Å². The van der Waals surface area contributed by atoms with Gasteiger partial charge in [-0.2, -0.15) is 0 Å². The first-order chi connectivity index (χ1) is 8.76. The fourth-order valence-electron chi connectivity index (χ4n) is 1.68. The molecule has 0 aliphatic carbocycles. The third-order valence-electron chi connectivity index (χ3n) is 2.66. The van der Waals surface area contributed by atoms with E-state index < -0.39 is 0 Å². The first-order valence-corrected chi connectivity index (χ1v) is 6.38. The average Bonchev–Trinajstić information content (AvgIpc) is 2.39. The highest BCUT2D eigenvalue weighted by Gasteiger charge is 2.18. The maximum atomic E-state index is 11.0. The number of nitrogens with one attached hydrogen (secondary N) is 3. The van der Waals surface area contributed by atoms with Crippen LogP contribution in [0.3, 0.4) is 0 Å². The minimum absolute atomic E-state index is 0.101. The van der Waals surface area contributed by atoms with E-state index in [1.807, 2.05) is 6.92 Å². The van der Waals surface area contributed by atoms with Crippen LogP contribution in [0.2, 0.25) is 0 Å². The Morgan fingerprint density at radius 2 is 2.50 bits per heavy atom. The van der Waals surface area contributed by atoms with Crippen molar-refractivity contribution >= 4 is 11.9 Å². The summed E-state index contributed by atoms with van der Waals surface area (Å²) in [6.07, 6.45) is 2.20. The summed E-state index contributed by atoms with van der Waals surface area (Å²) < 4.78 is 5.22. The Morgan fingerprint density at radius 1 is 1.67 bits per heavy atom. The van der Waals surface area contributed by atoms with Crippen LogP contribution in [0, 0.1) is 0 Å². The van der Waals surface area contributed by atoms with Gasteiger partial charge in [0, 0.05) is 38.8 Å². The lowest BCUT2D eigenvalue weighted by molar-refractivity contribution is -0.122. The molecule has 0 aromatic carbocycles. The molecule has 0 aromatic rings. The summed E-state index contributed by atoms with van der Waals surface area (Å²) >= 11 is 0. The molecule has 104 valence electrons. The van der Waals surface area contributed by atoms with Gasteiger partial charge in [0.1, 0.15) is 0 Å². The molecule has 18 heavy (non-hydrogen) atoms. The Bertz CT molecular complexity index is 273. The molecule has 1 fully saturated rings. The quantitative estimate of drug-likeness (QED) is 0.162. The van der Waals surface area contributed by atoms with Crippen molar-refractivity contribution in [1.29, 1.82) is 0 Å². The third kappa shape index (κ3) is 5.83. The fraction of sp³-hybridized carbons (Fsp3) is 0.818.